The van der Waals surface area contributed by atoms with E-state index in [1.54, 1.807) is 0 Å². The maximum Gasteiger partial charge on any atom is 0.267 e. The van der Waals surface area contributed by atoms with E-state index in [2.05, 4.69) is 29.4 Å². The van der Waals surface area contributed by atoms with E-state index in [-0.39, 0.29) is 5.91 Å². The molecule has 0 atom stereocenters. The van der Waals surface area contributed by atoms with Crippen molar-refractivity contribution < 1.29 is 9.63 Å². The van der Waals surface area contributed by atoms with Crippen molar-refractivity contribution in [2.24, 2.45) is 0 Å². The number of nitrogens with one attached hydrogen (secondary N) is 1. The highest BCUT2D eigenvalue weighted by Crippen LogP contribution is 1.93. The number of allylic oxidation sites excluding steroid dienone is 3. The van der Waals surface area contributed by atoms with Gasteiger partial charge < -0.3 is 0 Å². The molecule has 0 radical (unpaired) electrons. The summed E-state index contributed by atoms with van der Waals surface area (Å²) >= 11 is 0. The van der Waals surface area contributed by atoms with E-state index >= 15 is 0 Å². The zero-order valence-electron chi connectivity index (χ0n) is 8.25. The van der Waals surface area contributed by atoms with Crippen LogP contribution >= 0.6 is 0 Å². The number of hydrogen-bond donors (Lipinski definition) is 1. The minimum atomic E-state index is -0.220. The first-order valence-electron chi connectivity index (χ1n) is 4.45. The largest absolute Gasteiger partial charge is 0.277 e. The number of amides is 1. The zero-order valence-corrected chi connectivity index (χ0v) is 8.25. The summed E-state index contributed by atoms with van der Waals surface area (Å²) in [7, 11) is 1.41. The van der Waals surface area contributed by atoms with Crippen molar-refractivity contribution in [2.75, 3.05) is 7.11 Å². The summed E-state index contributed by atoms with van der Waals surface area (Å²) in [5, 5.41) is 0. The Morgan fingerprint density at radius 1 is 1.31 bits per heavy atom. The van der Waals surface area contributed by atoms with E-state index in [0.717, 1.165) is 19.3 Å². The van der Waals surface area contributed by atoms with Gasteiger partial charge in [-0.3, -0.25) is 9.63 Å². The molecule has 13 heavy (non-hydrogen) atoms. The second kappa shape index (κ2) is 9.00. The van der Waals surface area contributed by atoms with Crippen LogP contribution in [-0.4, -0.2) is 13.0 Å². The molecule has 0 fully saturated rings. The molecule has 3 heteroatoms. The van der Waals surface area contributed by atoms with Gasteiger partial charge in [0.05, 0.1) is 7.11 Å². The normalized spacial score (nSPS) is 11.2. The summed E-state index contributed by atoms with van der Waals surface area (Å²) in [6, 6.07) is 0. The molecule has 0 aromatic heterocycles. The molecule has 0 aromatic carbocycles. The molecule has 74 valence electrons. The van der Waals surface area contributed by atoms with Crippen molar-refractivity contribution in [3.05, 3.63) is 24.3 Å². The fourth-order valence-electron chi connectivity index (χ4n) is 0.802. The van der Waals surface area contributed by atoms with Gasteiger partial charge in [-0.25, -0.2) is 5.48 Å². The number of hydroxylamine groups is 1. The van der Waals surface area contributed by atoms with Crippen molar-refractivity contribution in [3.8, 4) is 0 Å². The van der Waals surface area contributed by atoms with Crippen molar-refractivity contribution >= 4 is 5.91 Å². The molecule has 0 heterocycles. The van der Waals surface area contributed by atoms with Crippen molar-refractivity contribution in [1.82, 2.24) is 5.48 Å². The van der Waals surface area contributed by atoms with E-state index in [4.69, 9.17) is 0 Å². The molecule has 3 nitrogen and oxygen atoms in total. The van der Waals surface area contributed by atoms with Crippen molar-refractivity contribution in [3.63, 3.8) is 0 Å². The minimum Gasteiger partial charge on any atom is -0.277 e. The second-order valence-electron chi connectivity index (χ2n) is 2.53. The molecule has 0 aliphatic carbocycles. The lowest BCUT2D eigenvalue weighted by atomic mass is 10.2. The number of rotatable bonds is 6. The van der Waals surface area contributed by atoms with Crippen LogP contribution in [0.15, 0.2) is 24.3 Å². The maximum absolute atomic E-state index is 10.8. The highest BCUT2D eigenvalue weighted by Gasteiger charge is 1.89. The molecule has 0 rings (SSSR count). The summed E-state index contributed by atoms with van der Waals surface area (Å²) in [5.41, 5.74) is 2.20. The van der Waals surface area contributed by atoms with Crippen LogP contribution in [0, 0.1) is 0 Å². The minimum absolute atomic E-state index is 0.220. The van der Waals surface area contributed by atoms with Gasteiger partial charge in [-0.1, -0.05) is 25.2 Å². The zero-order chi connectivity index (χ0) is 9.94. The van der Waals surface area contributed by atoms with Crippen LogP contribution in [0.5, 0.6) is 0 Å². The highest BCUT2D eigenvalue weighted by molar-refractivity contribution is 5.86. The third-order valence-corrected chi connectivity index (χ3v) is 1.37. The lowest BCUT2D eigenvalue weighted by molar-refractivity contribution is -0.126. The summed E-state index contributed by atoms with van der Waals surface area (Å²) in [5.74, 6) is -0.220. The second-order valence-corrected chi connectivity index (χ2v) is 2.53. The van der Waals surface area contributed by atoms with E-state index < -0.39 is 0 Å². The predicted molar refractivity (Wildman–Crippen MR) is 53.0 cm³/mol. The smallest absolute Gasteiger partial charge is 0.267 e. The molecule has 1 N–H and O–H groups in total. The number of unbranched alkanes of at least 4 members (excludes halogenated alkanes) is 1. The van der Waals surface area contributed by atoms with Gasteiger partial charge in [-0.05, 0) is 19.3 Å². The van der Waals surface area contributed by atoms with Crippen LogP contribution < -0.4 is 5.48 Å². The maximum atomic E-state index is 10.8. The van der Waals surface area contributed by atoms with Crippen LogP contribution in [0.1, 0.15) is 26.2 Å². The number of carbonyl (C=O) groups is 1. The van der Waals surface area contributed by atoms with Gasteiger partial charge in [0.25, 0.3) is 5.91 Å². The lowest BCUT2D eigenvalue weighted by Crippen LogP contribution is -2.18. The van der Waals surface area contributed by atoms with Crippen molar-refractivity contribution in [1.29, 1.82) is 0 Å². The standard InChI is InChI=1S/C10H17NO2/c1-3-4-5-6-7-8-9-10(12)11-13-2/h4-5,8-9H,3,6-7H2,1-2H3,(H,11,12)/b5-4-,9-8+. The van der Waals surface area contributed by atoms with Gasteiger partial charge in [-0.15, -0.1) is 0 Å². The van der Waals surface area contributed by atoms with E-state index in [9.17, 15) is 4.79 Å². The van der Waals surface area contributed by atoms with Gasteiger partial charge in [-0.2, -0.15) is 0 Å². The number of carbonyl (C=O) groups excluding carboxylic acids is 1. The molecule has 0 spiro atoms. The van der Waals surface area contributed by atoms with Crippen LogP contribution in [0.4, 0.5) is 0 Å². The quantitative estimate of drug-likeness (QED) is 0.296. The fourth-order valence-corrected chi connectivity index (χ4v) is 0.802. The summed E-state index contributed by atoms with van der Waals surface area (Å²) in [6.07, 6.45) is 10.4. The average Bonchev–Trinajstić information content (AvgIpc) is 2.11. The Kier molecular flexibility index (Phi) is 8.25. The molecular weight excluding hydrogens is 166 g/mol. The van der Waals surface area contributed by atoms with Crippen LogP contribution in [0.25, 0.3) is 0 Å². The Labute approximate surface area is 79.4 Å². The summed E-state index contributed by atoms with van der Waals surface area (Å²) < 4.78 is 0. The third kappa shape index (κ3) is 8.82. The van der Waals surface area contributed by atoms with Crippen LogP contribution in [0.3, 0.4) is 0 Å². The molecule has 1 amide bonds. The Hall–Kier alpha value is -1.09. The molecular formula is C10H17NO2. The van der Waals surface area contributed by atoms with Crippen LogP contribution in [-0.2, 0) is 9.63 Å². The first kappa shape index (κ1) is 11.9. The van der Waals surface area contributed by atoms with Gasteiger partial charge in [0.1, 0.15) is 0 Å². The molecule has 0 aliphatic rings. The average molecular weight is 183 g/mol. The SMILES string of the molecule is CC/C=C\CC/C=C/C(=O)NOC. The molecule has 0 aliphatic heterocycles. The van der Waals surface area contributed by atoms with Gasteiger partial charge in [0.15, 0.2) is 0 Å². The van der Waals surface area contributed by atoms with Gasteiger partial charge >= 0.3 is 0 Å². The molecule has 0 saturated carbocycles. The van der Waals surface area contributed by atoms with E-state index in [1.165, 1.54) is 13.2 Å². The molecule has 0 aromatic rings. The lowest BCUT2D eigenvalue weighted by Gasteiger charge is -1.94. The topological polar surface area (TPSA) is 38.3 Å². The van der Waals surface area contributed by atoms with Gasteiger partial charge in [0, 0.05) is 6.08 Å². The highest BCUT2D eigenvalue weighted by atomic mass is 16.6. The van der Waals surface area contributed by atoms with Crippen molar-refractivity contribution in [2.45, 2.75) is 26.2 Å². The van der Waals surface area contributed by atoms with Crippen LogP contribution in [0.2, 0.25) is 0 Å². The Balaban J connectivity index is 3.40. The summed E-state index contributed by atoms with van der Waals surface area (Å²) in [6.45, 7) is 2.10. The van der Waals surface area contributed by atoms with E-state index in [1.807, 2.05) is 6.08 Å². The van der Waals surface area contributed by atoms with Gasteiger partial charge in [0.2, 0.25) is 0 Å². The number of hydrogen-bond acceptors (Lipinski definition) is 2. The molecule has 0 saturated heterocycles. The molecule has 0 unspecified atom stereocenters. The Morgan fingerprint density at radius 2 is 2.00 bits per heavy atom. The first-order chi connectivity index (χ1) is 6.31. The summed E-state index contributed by atoms with van der Waals surface area (Å²) in [4.78, 5) is 15.2. The monoisotopic (exact) mass is 183 g/mol. The predicted octanol–water partition coefficient (Wildman–Crippen LogP) is 1.97. The Bertz CT molecular complexity index is 185. The third-order valence-electron chi connectivity index (χ3n) is 1.37. The first-order valence-corrected chi connectivity index (χ1v) is 4.45. The molecule has 0 bridgehead atoms. The Morgan fingerprint density at radius 3 is 2.62 bits per heavy atom. The fraction of sp³-hybridized carbons (Fsp3) is 0.500. The van der Waals surface area contributed by atoms with E-state index in [0.29, 0.717) is 0 Å².